The van der Waals surface area contributed by atoms with Crippen LogP contribution in [0, 0.1) is 0 Å². The lowest BCUT2D eigenvalue weighted by molar-refractivity contribution is 0.667. The number of hydrogen-bond acceptors (Lipinski definition) is 2. The van der Waals surface area contributed by atoms with Gasteiger partial charge in [0.25, 0.3) is 0 Å². The highest BCUT2D eigenvalue weighted by Gasteiger charge is 1.93. The Labute approximate surface area is 55.2 Å². The second-order valence-electron chi connectivity index (χ2n) is 1.80. The summed E-state index contributed by atoms with van der Waals surface area (Å²) in [5, 5.41) is 0. The normalized spacial score (nSPS) is 13.9. The molecule has 0 heterocycles. The molecular formula is C5H13ClN2. The van der Waals surface area contributed by atoms with Crippen molar-refractivity contribution >= 4 is 11.6 Å². The van der Waals surface area contributed by atoms with E-state index in [9.17, 15) is 0 Å². The fourth-order valence-electron chi connectivity index (χ4n) is 0.484. The Bertz CT molecular complexity index is 47.7. The van der Waals surface area contributed by atoms with Crippen molar-refractivity contribution in [2.45, 2.75) is 24.8 Å². The molecule has 0 aliphatic heterocycles. The molecule has 2 nitrogen and oxygen atoms in total. The van der Waals surface area contributed by atoms with Gasteiger partial charge in [-0.15, -0.1) is 11.6 Å². The van der Waals surface area contributed by atoms with Gasteiger partial charge in [0, 0.05) is 0 Å². The second kappa shape index (κ2) is 5.35. The van der Waals surface area contributed by atoms with Crippen LogP contribution >= 0.6 is 11.6 Å². The zero-order chi connectivity index (χ0) is 6.41. The van der Waals surface area contributed by atoms with E-state index in [4.69, 9.17) is 23.1 Å². The molecule has 0 aromatic rings. The van der Waals surface area contributed by atoms with Gasteiger partial charge in [-0.1, -0.05) is 0 Å². The Morgan fingerprint density at radius 3 is 2.38 bits per heavy atom. The van der Waals surface area contributed by atoms with Crippen molar-refractivity contribution in [2.24, 2.45) is 11.5 Å². The van der Waals surface area contributed by atoms with E-state index in [0.717, 1.165) is 25.8 Å². The maximum absolute atomic E-state index is 5.45. The second-order valence-corrected chi connectivity index (χ2v) is 2.36. The Morgan fingerprint density at radius 1 is 1.38 bits per heavy atom. The fraction of sp³-hybridized carbons (Fsp3) is 1.00. The number of nitrogens with two attached hydrogens (primary N) is 2. The van der Waals surface area contributed by atoms with Gasteiger partial charge < -0.3 is 11.5 Å². The smallest absolute Gasteiger partial charge is 0.0800 e. The summed E-state index contributed by atoms with van der Waals surface area (Å²) in [6, 6.07) is 0. The maximum Gasteiger partial charge on any atom is 0.0800 e. The van der Waals surface area contributed by atoms with Gasteiger partial charge in [-0.3, -0.25) is 0 Å². The van der Waals surface area contributed by atoms with E-state index in [-0.39, 0.29) is 5.50 Å². The first-order valence-corrected chi connectivity index (χ1v) is 3.30. The van der Waals surface area contributed by atoms with E-state index in [0.29, 0.717) is 0 Å². The maximum atomic E-state index is 5.45. The van der Waals surface area contributed by atoms with Gasteiger partial charge in [0.05, 0.1) is 5.50 Å². The largest absolute Gasteiger partial charge is 0.330 e. The fourth-order valence-corrected chi connectivity index (χ4v) is 0.638. The van der Waals surface area contributed by atoms with Crippen LogP contribution in [0.5, 0.6) is 0 Å². The van der Waals surface area contributed by atoms with Crippen LogP contribution in [0.25, 0.3) is 0 Å². The van der Waals surface area contributed by atoms with Crippen LogP contribution in [0.1, 0.15) is 19.3 Å². The molecule has 0 aliphatic carbocycles. The third kappa shape index (κ3) is 6.21. The lowest BCUT2D eigenvalue weighted by Gasteiger charge is -1.99. The van der Waals surface area contributed by atoms with E-state index < -0.39 is 0 Å². The molecule has 0 amide bonds. The summed E-state index contributed by atoms with van der Waals surface area (Å²) >= 11 is 5.45. The van der Waals surface area contributed by atoms with E-state index in [1.165, 1.54) is 0 Å². The predicted octanol–water partition coefficient (Wildman–Crippen LogP) is 0.639. The summed E-state index contributed by atoms with van der Waals surface area (Å²) in [6.07, 6.45) is 2.94. The first-order valence-electron chi connectivity index (χ1n) is 2.87. The molecule has 0 saturated heterocycles. The molecular weight excluding hydrogens is 124 g/mol. The number of rotatable bonds is 4. The standard InChI is InChI=1S/C5H13ClN2/c6-5(8)3-1-2-4-7/h5H,1-4,7-8H2. The van der Waals surface area contributed by atoms with Crippen molar-refractivity contribution in [3.05, 3.63) is 0 Å². The summed E-state index contributed by atoms with van der Waals surface area (Å²) in [5.74, 6) is 0. The van der Waals surface area contributed by atoms with Gasteiger partial charge in [0.1, 0.15) is 0 Å². The topological polar surface area (TPSA) is 52.0 Å². The highest BCUT2D eigenvalue weighted by atomic mass is 35.5. The quantitative estimate of drug-likeness (QED) is 0.339. The minimum Gasteiger partial charge on any atom is -0.330 e. The van der Waals surface area contributed by atoms with Gasteiger partial charge in [0.2, 0.25) is 0 Å². The molecule has 0 rings (SSSR count). The summed E-state index contributed by atoms with van der Waals surface area (Å²) in [5.41, 5.74) is 10.3. The van der Waals surface area contributed by atoms with Crippen LogP contribution in [0.15, 0.2) is 0 Å². The Hall–Kier alpha value is 0.210. The minimum absolute atomic E-state index is 0.179. The average molecular weight is 137 g/mol. The third-order valence-corrected chi connectivity index (χ3v) is 1.15. The molecule has 4 N–H and O–H groups in total. The first-order chi connectivity index (χ1) is 3.77. The zero-order valence-corrected chi connectivity index (χ0v) is 5.69. The van der Waals surface area contributed by atoms with E-state index >= 15 is 0 Å². The van der Waals surface area contributed by atoms with Gasteiger partial charge in [-0.2, -0.15) is 0 Å². The van der Waals surface area contributed by atoms with Gasteiger partial charge >= 0.3 is 0 Å². The lowest BCUT2D eigenvalue weighted by Crippen LogP contribution is -2.11. The molecule has 1 atom stereocenters. The van der Waals surface area contributed by atoms with Crippen molar-refractivity contribution < 1.29 is 0 Å². The van der Waals surface area contributed by atoms with Crippen molar-refractivity contribution in [1.29, 1.82) is 0 Å². The van der Waals surface area contributed by atoms with E-state index in [2.05, 4.69) is 0 Å². The number of unbranched alkanes of at least 4 members (excludes halogenated alkanes) is 1. The molecule has 0 spiro atoms. The zero-order valence-electron chi connectivity index (χ0n) is 4.94. The molecule has 8 heavy (non-hydrogen) atoms. The van der Waals surface area contributed by atoms with Crippen LogP contribution in [0.3, 0.4) is 0 Å². The van der Waals surface area contributed by atoms with Gasteiger partial charge in [0.15, 0.2) is 0 Å². The average Bonchev–Trinajstić information content (AvgIpc) is 1.66. The molecule has 0 radical (unpaired) electrons. The number of alkyl halides is 1. The summed E-state index contributed by atoms with van der Waals surface area (Å²) in [6.45, 7) is 0.740. The molecule has 3 heteroatoms. The minimum atomic E-state index is -0.179. The first kappa shape index (κ1) is 8.21. The van der Waals surface area contributed by atoms with Crippen LogP contribution in [-0.2, 0) is 0 Å². The Kier molecular flexibility index (Phi) is 5.49. The molecule has 0 bridgehead atoms. The highest BCUT2D eigenvalue weighted by molar-refractivity contribution is 6.20. The van der Waals surface area contributed by atoms with Crippen LogP contribution in [-0.4, -0.2) is 12.0 Å². The number of halogens is 1. The van der Waals surface area contributed by atoms with Crippen LogP contribution in [0.2, 0.25) is 0 Å². The van der Waals surface area contributed by atoms with Gasteiger partial charge in [-0.05, 0) is 25.8 Å². The Balaban J connectivity index is 2.72. The molecule has 0 aromatic carbocycles. The van der Waals surface area contributed by atoms with E-state index in [1.807, 2.05) is 0 Å². The van der Waals surface area contributed by atoms with Crippen LogP contribution in [0.4, 0.5) is 0 Å². The lowest BCUT2D eigenvalue weighted by atomic mass is 10.2. The predicted molar refractivity (Wildman–Crippen MR) is 36.7 cm³/mol. The Morgan fingerprint density at radius 2 is 2.00 bits per heavy atom. The molecule has 0 aliphatic rings. The molecule has 0 fully saturated rings. The molecule has 0 saturated carbocycles. The van der Waals surface area contributed by atoms with Crippen molar-refractivity contribution in [3.63, 3.8) is 0 Å². The molecule has 1 unspecified atom stereocenters. The highest BCUT2D eigenvalue weighted by Crippen LogP contribution is 1.99. The summed E-state index contributed by atoms with van der Waals surface area (Å²) < 4.78 is 0. The molecule has 0 aromatic heterocycles. The monoisotopic (exact) mass is 136 g/mol. The third-order valence-electron chi connectivity index (χ3n) is 0.934. The summed E-state index contributed by atoms with van der Waals surface area (Å²) in [7, 11) is 0. The van der Waals surface area contributed by atoms with Gasteiger partial charge in [-0.25, -0.2) is 0 Å². The van der Waals surface area contributed by atoms with E-state index in [1.54, 1.807) is 0 Å². The molecule has 50 valence electrons. The van der Waals surface area contributed by atoms with Crippen molar-refractivity contribution in [1.82, 2.24) is 0 Å². The SMILES string of the molecule is NCCCCC(N)Cl. The van der Waals surface area contributed by atoms with Crippen molar-refractivity contribution in [2.75, 3.05) is 6.54 Å². The van der Waals surface area contributed by atoms with Crippen molar-refractivity contribution in [3.8, 4) is 0 Å². The summed E-state index contributed by atoms with van der Waals surface area (Å²) in [4.78, 5) is 0. The van der Waals surface area contributed by atoms with Crippen LogP contribution < -0.4 is 11.5 Å². The number of hydrogen-bond donors (Lipinski definition) is 2.